The minimum Gasteiger partial charge on any atom is -0.347 e. The Kier molecular flexibility index (Phi) is 3.50. The Morgan fingerprint density at radius 3 is 2.77 bits per heavy atom. The molecule has 2 amide bonds. The van der Waals surface area contributed by atoms with Crippen molar-refractivity contribution in [2.75, 3.05) is 6.54 Å². The summed E-state index contributed by atoms with van der Waals surface area (Å²) in [5, 5.41) is 8.73. The summed E-state index contributed by atoms with van der Waals surface area (Å²) in [6.07, 6.45) is 3.54. The minimum absolute atomic E-state index is 0.0272. The van der Waals surface area contributed by atoms with Crippen LogP contribution in [0.5, 0.6) is 0 Å². The van der Waals surface area contributed by atoms with E-state index < -0.39 is 5.91 Å². The predicted molar refractivity (Wildman–Crippen MR) is 78.5 cm³/mol. The van der Waals surface area contributed by atoms with Crippen molar-refractivity contribution in [3.05, 3.63) is 47.5 Å². The minimum atomic E-state index is -0.547. The summed E-state index contributed by atoms with van der Waals surface area (Å²) in [5.74, 6) is -0.574. The molecule has 1 aliphatic heterocycles. The van der Waals surface area contributed by atoms with Gasteiger partial charge < -0.3 is 14.0 Å². The van der Waals surface area contributed by atoms with E-state index in [2.05, 4.69) is 0 Å². The average Bonchev–Trinajstić information content (AvgIpc) is 3.12. The summed E-state index contributed by atoms with van der Waals surface area (Å²) in [7, 11) is 1.84. The van der Waals surface area contributed by atoms with Crippen molar-refractivity contribution in [3.8, 4) is 0 Å². The largest absolute Gasteiger partial charge is 0.347 e. The number of rotatable bonds is 2. The van der Waals surface area contributed by atoms with Gasteiger partial charge in [-0.3, -0.25) is 14.8 Å². The lowest BCUT2D eigenvalue weighted by atomic mass is 10.1. The number of nitrogens with zero attached hydrogens (tertiary/aromatic N) is 3. The molecule has 1 unspecified atom stereocenters. The molecule has 0 saturated heterocycles. The highest BCUT2D eigenvalue weighted by atomic mass is 16.5. The van der Waals surface area contributed by atoms with Gasteiger partial charge in [0, 0.05) is 38.2 Å². The molecule has 2 N–H and O–H groups in total. The average molecular weight is 302 g/mol. The molecule has 0 aliphatic carbocycles. The van der Waals surface area contributed by atoms with Crippen LogP contribution in [0.4, 0.5) is 0 Å². The molecular formula is C15H18N4O3. The number of aromatic nitrogens is 2. The molecule has 0 fully saturated rings. The maximum Gasteiger partial charge on any atom is 0.276 e. The first-order valence-corrected chi connectivity index (χ1v) is 7.09. The molecule has 0 radical (unpaired) electrons. The second kappa shape index (κ2) is 5.34. The van der Waals surface area contributed by atoms with Gasteiger partial charge in [0.25, 0.3) is 11.8 Å². The lowest BCUT2D eigenvalue weighted by Gasteiger charge is -2.34. The lowest BCUT2D eigenvalue weighted by Crippen LogP contribution is -2.41. The van der Waals surface area contributed by atoms with Gasteiger partial charge in [0.1, 0.15) is 5.69 Å². The molecular weight excluding hydrogens is 284 g/mol. The zero-order valence-corrected chi connectivity index (χ0v) is 12.5. The Labute approximate surface area is 127 Å². The summed E-state index contributed by atoms with van der Waals surface area (Å²) in [6, 6.07) is 5.21. The van der Waals surface area contributed by atoms with Gasteiger partial charge in [0.2, 0.25) is 0 Å². The van der Waals surface area contributed by atoms with E-state index >= 15 is 0 Å². The van der Waals surface area contributed by atoms with E-state index in [4.69, 9.17) is 5.21 Å². The molecule has 1 atom stereocenters. The maximum absolute atomic E-state index is 12.7. The number of hydroxylamine groups is 1. The number of hydrogen-bond acceptors (Lipinski definition) is 3. The van der Waals surface area contributed by atoms with E-state index in [1.165, 1.54) is 0 Å². The number of hydrogen-bond donors (Lipinski definition) is 2. The Morgan fingerprint density at radius 2 is 2.14 bits per heavy atom. The van der Waals surface area contributed by atoms with Gasteiger partial charge >= 0.3 is 0 Å². The fraction of sp³-hybridized carbons (Fsp3) is 0.333. The topological polar surface area (TPSA) is 79.5 Å². The number of fused-ring (bicyclic) bond motifs is 1. The summed E-state index contributed by atoms with van der Waals surface area (Å²) in [6.45, 7) is 3.13. The van der Waals surface area contributed by atoms with Crippen LogP contribution in [-0.4, -0.2) is 37.6 Å². The van der Waals surface area contributed by atoms with E-state index in [0.717, 1.165) is 5.69 Å². The first kappa shape index (κ1) is 14.4. The summed E-state index contributed by atoms with van der Waals surface area (Å²) in [4.78, 5) is 26.0. The van der Waals surface area contributed by atoms with Crippen molar-refractivity contribution in [2.45, 2.75) is 19.5 Å². The molecule has 0 bridgehead atoms. The van der Waals surface area contributed by atoms with E-state index in [1.807, 2.05) is 30.8 Å². The smallest absolute Gasteiger partial charge is 0.276 e. The molecule has 3 rings (SSSR count). The lowest BCUT2D eigenvalue weighted by molar-refractivity contribution is 0.0633. The van der Waals surface area contributed by atoms with E-state index in [0.29, 0.717) is 24.3 Å². The van der Waals surface area contributed by atoms with Crippen LogP contribution in [0.25, 0.3) is 0 Å². The third-order valence-electron chi connectivity index (χ3n) is 4.19. The van der Waals surface area contributed by atoms with Crippen LogP contribution >= 0.6 is 0 Å². The number of aryl methyl sites for hydroxylation is 1. The van der Waals surface area contributed by atoms with Crippen LogP contribution in [0, 0.1) is 0 Å². The number of carbonyl (C=O) groups is 2. The van der Waals surface area contributed by atoms with Crippen molar-refractivity contribution in [2.24, 2.45) is 7.05 Å². The molecule has 0 saturated carbocycles. The monoisotopic (exact) mass is 302 g/mol. The van der Waals surface area contributed by atoms with Crippen molar-refractivity contribution in [3.63, 3.8) is 0 Å². The summed E-state index contributed by atoms with van der Waals surface area (Å²) < 4.78 is 3.75. The van der Waals surface area contributed by atoms with E-state index in [9.17, 15) is 9.59 Å². The summed E-state index contributed by atoms with van der Waals surface area (Å²) >= 11 is 0. The van der Waals surface area contributed by atoms with Crippen molar-refractivity contribution >= 4 is 11.8 Å². The third-order valence-corrected chi connectivity index (χ3v) is 4.19. The second-order valence-electron chi connectivity index (χ2n) is 5.47. The molecule has 1 aliphatic rings. The van der Waals surface area contributed by atoms with Crippen LogP contribution < -0.4 is 5.48 Å². The fourth-order valence-corrected chi connectivity index (χ4v) is 2.94. The zero-order chi connectivity index (χ0) is 15.9. The molecule has 0 aromatic carbocycles. The number of carbonyl (C=O) groups excluding carboxylic acids is 2. The van der Waals surface area contributed by atoms with Gasteiger partial charge in [0.15, 0.2) is 0 Å². The molecule has 2 aromatic rings. The van der Waals surface area contributed by atoms with Crippen molar-refractivity contribution in [1.82, 2.24) is 19.5 Å². The van der Waals surface area contributed by atoms with Crippen molar-refractivity contribution in [1.29, 1.82) is 0 Å². The standard InChI is InChI=1S/C15H18N4O3/c1-10-13-8-11(14(20)16-22)9-18(13)6-7-19(10)15(21)12-4-3-5-17(12)2/h3-5,8-10,22H,6-7H2,1-2H3,(H,16,20). The third kappa shape index (κ3) is 2.19. The Balaban J connectivity index is 1.89. The second-order valence-corrected chi connectivity index (χ2v) is 5.47. The van der Waals surface area contributed by atoms with Gasteiger partial charge in [-0.2, -0.15) is 0 Å². The Morgan fingerprint density at radius 1 is 1.36 bits per heavy atom. The predicted octanol–water partition coefficient (Wildman–Crippen LogP) is 1.16. The number of nitrogens with one attached hydrogen (secondary N) is 1. The first-order chi connectivity index (χ1) is 10.5. The van der Waals surface area contributed by atoms with Crippen molar-refractivity contribution < 1.29 is 14.8 Å². The quantitative estimate of drug-likeness (QED) is 0.645. The van der Waals surface area contributed by atoms with Crippen LogP contribution in [0.15, 0.2) is 30.6 Å². The molecule has 7 nitrogen and oxygen atoms in total. The van der Waals surface area contributed by atoms with E-state index in [1.54, 1.807) is 33.3 Å². The Hall–Kier alpha value is -2.54. The van der Waals surface area contributed by atoms with Crippen LogP contribution in [0.3, 0.4) is 0 Å². The summed E-state index contributed by atoms with van der Waals surface area (Å²) in [5.41, 5.74) is 3.54. The van der Waals surface area contributed by atoms with Crippen LogP contribution in [0.1, 0.15) is 39.5 Å². The van der Waals surface area contributed by atoms with Crippen LogP contribution in [-0.2, 0) is 13.6 Å². The molecule has 0 spiro atoms. The molecule has 7 heteroatoms. The van der Waals surface area contributed by atoms with Gasteiger partial charge in [-0.05, 0) is 25.1 Å². The highest BCUT2D eigenvalue weighted by Crippen LogP contribution is 2.28. The SMILES string of the molecule is CC1c2cc(C(=O)NO)cn2CCN1C(=O)c1cccn1C. The highest BCUT2D eigenvalue weighted by molar-refractivity contribution is 5.94. The van der Waals surface area contributed by atoms with Gasteiger partial charge in [-0.15, -0.1) is 0 Å². The van der Waals surface area contributed by atoms with Gasteiger partial charge in [-0.25, -0.2) is 5.48 Å². The fourth-order valence-electron chi connectivity index (χ4n) is 2.94. The Bertz CT molecular complexity index is 731. The van der Waals surface area contributed by atoms with Gasteiger partial charge in [-0.1, -0.05) is 0 Å². The zero-order valence-electron chi connectivity index (χ0n) is 12.5. The molecule has 2 aromatic heterocycles. The molecule has 22 heavy (non-hydrogen) atoms. The highest BCUT2D eigenvalue weighted by Gasteiger charge is 2.30. The number of amides is 2. The first-order valence-electron chi connectivity index (χ1n) is 7.09. The molecule has 3 heterocycles. The van der Waals surface area contributed by atoms with Gasteiger partial charge in [0.05, 0.1) is 11.6 Å². The molecule has 116 valence electrons. The van der Waals surface area contributed by atoms with E-state index in [-0.39, 0.29) is 11.9 Å². The van der Waals surface area contributed by atoms with Crippen LogP contribution in [0.2, 0.25) is 0 Å². The maximum atomic E-state index is 12.7. The normalized spacial score (nSPS) is 17.2.